The Kier molecular flexibility index (Phi) is 2.60. The van der Waals surface area contributed by atoms with Gasteiger partial charge in [0.25, 0.3) is 0 Å². The number of rotatable bonds is 3. The van der Waals surface area contributed by atoms with Gasteiger partial charge in [0.15, 0.2) is 0 Å². The van der Waals surface area contributed by atoms with Gasteiger partial charge in [0.05, 0.1) is 0 Å². The fourth-order valence-electron chi connectivity index (χ4n) is 1.71. The largest absolute Gasteiger partial charge is 0.361 e. The molecule has 1 unspecified atom stereocenters. The van der Waals surface area contributed by atoms with Gasteiger partial charge in [-0.15, -0.1) is 0 Å². The lowest BCUT2D eigenvalue weighted by molar-refractivity contribution is 0.770. The van der Waals surface area contributed by atoms with Crippen LogP contribution in [0.25, 0.3) is 10.9 Å². The van der Waals surface area contributed by atoms with Gasteiger partial charge in [0.2, 0.25) is 0 Å². The summed E-state index contributed by atoms with van der Waals surface area (Å²) in [6.45, 7) is 5.85. The van der Waals surface area contributed by atoms with Crippen molar-refractivity contribution in [3.63, 3.8) is 0 Å². The van der Waals surface area contributed by atoms with Crippen LogP contribution in [0.15, 0.2) is 42.6 Å². The molecule has 1 heterocycles. The van der Waals surface area contributed by atoms with Crippen molar-refractivity contribution >= 4 is 10.9 Å². The van der Waals surface area contributed by atoms with Gasteiger partial charge in [-0.1, -0.05) is 30.4 Å². The molecule has 2 heteroatoms. The van der Waals surface area contributed by atoms with Crippen LogP contribution in [-0.4, -0.2) is 11.0 Å². The third-order valence-electron chi connectivity index (χ3n) is 2.75. The van der Waals surface area contributed by atoms with E-state index in [0.717, 1.165) is 12.0 Å². The van der Waals surface area contributed by atoms with Crippen LogP contribution in [0.5, 0.6) is 0 Å². The van der Waals surface area contributed by atoms with Crippen LogP contribution >= 0.6 is 0 Å². The Morgan fingerprint density at radius 1 is 1.47 bits per heavy atom. The van der Waals surface area contributed by atoms with Crippen LogP contribution in [0, 0.1) is 0 Å². The first-order valence-corrected chi connectivity index (χ1v) is 5.14. The van der Waals surface area contributed by atoms with Crippen molar-refractivity contribution in [3.8, 4) is 0 Å². The van der Waals surface area contributed by atoms with Crippen molar-refractivity contribution in [2.75, 3.05) is 0 Å². The zero-order chi connectivity index (χ0) is 10.8. The van der Waals surface area contributed by atoms with E-state index in [1.54, 1.807) is 0 Å². The lowest BCUT2D eigenvalue weighted by atomic mass is 10.0. The monoisotopic (exact) mass is 200 g/mol. The van der Waals surface area contributed by atoms with Crippen LogP contribution in [0.1, 0.15) is 12.5 Å². The molecule has 0 radical (unpaired) electrons. The van der Waals surface area contributed by atoms with Crippen molar-refractivity contribution in [1.82, 2.24) is 4.98 Å². The zero-order valence-electron chi connectivity index (χ0n) is 8.96. The minimum Gasteiger partial charge on any atom is -0.361 e. The molecule has 0 spiro atoms. The average Bonchev–Trinajstić information content (AvgIpc) is 2.62. The summed E-state index contributed by atoms with van der Waals surface area (Å²) in [7, 11) is 0. The second kappa shape index (κ2) is 3.91. The maximum atomic E-state index is 5.99. The Balaban J connectivity index is 2.32. The van der Waals surface area contributed by atoms with Gasteiger partial charge >= 0.3 is 0 Å². The number of benzene rings is 1. The molecular weight excluding hydrogens is 184 g/mol. The highest BCUT2D eigenvalue weighted by Gasteiger charge is 2.08. The number of aromatic nitrogens is 1. The van der Waals surface area contributed by atoms with Gasteiger partial charge in [0.1, 0.15) is 0 Å². The minimum absolute atomic E-state index is 0.0456. The maximum absolute atomic E-state index is 5.99. The Hall–Kier alpha value is -1.54. The molecule has 2 rings (SSSR count). The van der Waals surface area contributed by atoms with E-state index >= 15 is 0 Å². The van der Waals surface area contributed by atoms with Crippen LogP contribution in [-0.2, 0) is 6.42 Å². The van der Waals surface area contributed by atoms with E-state index in [2.05, 4.69) is 23.7 Å². The first-order chi connectivity index (χ1) is 7.18. The molecule has 0 bridgehead atoms. The minimum atomic E-state index is 0.0456. The molecular formula is C13H16N2. The highest BCUT2D eigenvalue weighted by atomic mass is 14.7. The zero-order valence-corrected chi connectivity index (χ0v) is 8.96. The van der Waals surface area contributed by atoms with E-state index in [1.165, 1.54) is 16.5 Å². The van der Waals surface area contributed by atoms with Crippen molar-refractivity contribution in [2.24, 2.45) is 5.73 Å². The van der Waals surface area contributed by atoms with Crippen LogP contribution in [0.4, 0.5) is 0 Å². The Morgan fingerprint density at radius 2 is 2.20 bits per heavy atom. The van der Waals surface area contributed by atoms with Gasteiger partial charge in [0, 0.05) is 23.1 Å². The second-order valence-electron chi connectivity index (χ2n) is 4.02. The molecule has 15 heavy (non-hydrogen) atoms. The van der Waals surface area contributed by atoms with Crippen LogP contribution < -0.4 is 5.73 Å². The first-order valence-electron chi connectivity index (χ1n) is 5.14. The third-order valence-corrected chi connectivity index (χ3v) is 2.75. The highest BCUT2D eigenvalue weighted by Crippen LogP contribution is 2.19. The van der Waals surface area contributed by atoms with Crippen molar-refractivity contribution in [3.05, 3.63) is 48.2 Å². The van der Waals surface area contributed by atoms with Crippen molar-refractivity contribution in [2.45, 2.75) is 19.4 Å². The molecule has 0 saturated carbocycles. The molecule has 0 aliphatic heterocycles. The first kappa shape index (κ1) is 9.99. The summed E-state index contributed by atoms with van der Waals surface area (Å²) in [4.78, 5) is 3.25. The van der Waals surface area contributed by atoms with Crippen molar-refractivity contribution in [1.29, 1.82) is 0 Å². The SMILES string of the molecule is C=C(C)C(N)Cc1c[nH]c2ccccc12. The number of aromatic amines is 1. The van der Waals surface area contributed by atoms with Gasteiger partial charge in [-0.3, -0.25) is 0 Å². The topological polar surface area (TPSA) is 41.8 Å². The second-order valence-corrected chi connectivity index (χ2v) is 4.02. The highest BCUT2D eigenvalue weighted by molar-refractivity contribution is 5.83. The van der Waals surface area contributed by atoms with E-state index in [0.29, 0.717) is 0 Å². The molecule has 1 aromatic heterocycles. The molecule has 1 aromatic carbocycles. The molecule has 78 valence electrons. The summed E-state index contributed by atoms with van der Waals surface area (Å²) < 4.78 is 0. The molecule has 0 aliphatic rings. The predicted molar refractivity (Wildman–Crippen MR) is 64.8 cm³/mol. The van der Waals surface area contributed by atoms with Gasteiger partial charge in [-0.25, -0.2) is 0 Å². The maximum Gasteiger partial charge on any atom is 0.0456 e. The van der Waals surface area contributed by atoms with E-state index in [1.807, 2.05) is 25.3 Å². The lowest BCUT2D eigenvalue weighted by Crippen LogP contribution is -2.23. The van der Waals surface area contributed by atoms with Gasteiger partial charge < -0.3 is 10.7 Å². The van der Waals surface area contributed by atoms with E-state index in [9.17, 15) is 0 Å². The molecule has 3 N–H and O–H groups in total. The van der Waals surface area contributed by atoms with E-state index in [4.69, 9.17) is 5.73 Å². The summed E-state index contributed by atoms with van der Waals surface area (Å²) in [6.07, 6.45) is 2.88. The molecule has 0 aliphatic carbocycles. The number of hydrogen-bond acceptors (Lipinski definition) is 1. The fraction of sp³-hybridized carbons (Fsp3) is 0.231. The summed E-state index contributed by atoms with van der Waals surface area (Å²) in [6, 6.07) is 8.31. The van der Waals surface area contributed by atoms with Crippen LogP contribution in [0.3, 0.4) is 0 Å². The van der Waals surface area contributed by atoms with E-state index < -0.39 is 0 Å². The molecule has 1 atom stereocenters. The summed E-state index contributed by atoms with van der Waals surface area (Å²) in [5, 5.41) is 1.26. The average molecular weight is 200 g/mol. The molecule has 0 amide bonds. The summed E-state index contributed by atoms with van der Waals surface area (Å²) in [5.74, 6) is 0. The van der Waals surface area contributed by atoms with Crippen LogP contribution in [0.2, 0.25) is 0 Å². The number of nitrogens with one attached hydrogen (secondary N) is 1. The summed E-state index contributed by atoms with van der Waals surface area (Å²) >= 11 is 0. The number of para-hydroxylation sites is 1. The number of fused-ring (bicyclic) bond motifs is 1. The Labute approximate surface area is 89.8 Å². The summed E-state index contributed by atoms with van der Waals surface area (Å²) in [5.41, 5.74) is 9.45. The standard InChI is InChI=1S/C13H16N2/c1-9(2)12(14)7-10-8-15-13-6-4-3-5-11(10)13/h3-6,8,12,15H,1,7,14H2,2H3. The third kappa shape index (κ3) is 1.95. The van der Waals surface area contributed by atoms with Crippen molar-refractivity contribution < 1.29 is 0 Å². The fourth-order valence-corrected chi connectivity index (χ4v) is 1.71. The normalized spacial score (nSPS) is 12.9. The Morgan fingerprint density at radius 3 is 2.93 bits per heavy atom. The number of nitrogens with two attached hydrogens (primary N) is 1. The number of hydrogen-bond donors (Lipinski definition) is 2. The smallest absolute Gasteiger partial charge is 0.0456 e. The quantitative estimate of drug-likeness (QED) is 0.735. The molecule has 2 nitrogen and oxygen atoms in total. The molecule has 0 saturated heterocycles. The lowest BCUT2D eigenvalue weighted by Gasteiger charge is -2.09. The van der Waals surface area contributed by atoms with E-state index in [-0.39, 0.29) is 6.04 Å². The molecule has 2 aromatic rings. The van der Waals surface area contributed by atoms with Gasteiger partial charge in [-0.2, -0.15) is 0 Å². The Bertz CT molecular complexity index is 482. The molecule has 0 fully saturated rings. The van der Waals surface area contributed by atoms with Gasteiger partial charge in [-0.05, 0) is 25.0 Å². The number of H-pyrrole nitrogens is 1. The predicted octanol–water partition coefficient (Wildman–Crippen LogP) is 2.61.